The van der Waals surface area contributed by atoms with Gasteiger partial charge in [-0.25, -0.2) is 0 Å². The lowest BCUT2D eigenvalue weighted by Gasteiger charge is -2.18. The summed E-state index contributed by atoms with van der Waals surface area (Å²) >= 11 is 0. The molecule has 0 aromatic rings. The average molecular weight is 735 g/mol. The van der Waals surface area contributed by atoms with Gasteiger partial charge in [0.05, 0.1) is 0 Å². The molecule has 6 nitrogen and oxygen atoms in total. The quantitative estimate of drug-likeness (QED) is 0.0212. The molecule has 298 valence electrons. The monoisotopic (exact) mass is 735 g/mol. The molecule has 0 radical (unpaired) electrons. The van der Waals surface area contributed by atoms with Gasteiger partial charge in [-0.15, -0.1) is 0 Å². The summed E-state index contributed by atoms with van der Waals surface area (Å²) < 4.78 is 16.5. The van der Waals surface area contributed by atoms with Crippen LogP contribution in [0.2, 0.25) is 0 Å². The summed E-state index contributed by atoms with van der Waals surface area (Å²) in [4.78, 5) is 37.6. The van der Waals surface area contributed by atoms with E-state index in [1.54, 1.807) is 0 Å². The first-order valence-electron chi connectivity index (χ1n) is 20.8. The number of rotatable bonds is 35. The van der Waals surface area contributed by atoms with Crippen LogP contribution in [-0.2, 0) is 28.6 Å². The van der Waals surface area contributed by atoms with Crippen molar-refractivity contribution >= 4 is 17.9 Å². The number of hydrogen-bond acceptors (Lipinski definition) is 6. The first-order chi connectivity index (χ1) is 26.0. The van der Waals surface area contributed by atoms with Crippen molar-refractivity contribution in [3.8, 4) is 0 Å². The largest absolute Gasteiger partial charge is 0.462 e. The maximum absolute atomic E-state index is 12.6. The van der Waals surface area contributed by atoms with Crippen molar-refractivity contribution in [1.82, 2.24) is 0 Å². The molecule has 0 aliphatic carbocycles. The number of hydrogen-bond donors (Lipinski definition) is 0. The van der Waals surface area contributed by atoms with Gasteiger partial charge in [-0.2, -0.15) is 0 Å². The van der Waals surface area contributed by atoms with Gasteiger partial charge in [-0.05, 0) is 103 Å². The van der Waals surface area contributed by atoms with Crippen molar-refractivity contribution in [1.29, 1.82) is 0 Å². The fourth-order valence-electron chi connectivity index (χ4n) is 4.97. The third kappa shape index (κ3) is 39.4. The molecule has 53 heavy (non-hydrogen) atoms. The molecular weight excluding hydrogens is 661 g/mol. The van der Waals surface area contributed by atoms with Crippen molar-refractivity contribution in [3.63, 3.8) is 0 Å². The lowest BCUT2D eigenvalue weighted by molar-refractivity contribution is -0.167. The molecule has 0 aromatic heterocycles. The minimum Gasteiger partial charge on any atom is -0.462 e. The first-order valence-corrected chi connectivity index (χ1v) is 20.8. The van der Waals surface area contributed by atoms with Gasteiger partial charge in [-0.1, -0.05) is 137 Å². The highest BCUT2D eigenvalue weighted by Gasteiger charge is 2.19. The van der Waals surface area contributed by atoms with Gasteiger partial charge in [0.2, 0.25) is 0 Å². The maximum Gasteiger partial charge on any atom is 0.306 e. The normalized spacial score (nSPS) is 13.0. The van der Waals surface area contributed by atoms with Gasteiger partial charge in [0.1, 0.15) is 13.2 Å². The van der Waals surface area contributed by atoms with E-state index in [2.05, 4.69) is 118 Å². The third-order valence-electron chi connectivity index (χ3n) is 8.08. The summed E-state index contributed by atoms with van der Waals surface area (Å²) in [7, 11) is 0. The molecule has 0 saturated carbocycles. The Hall–Kier alpha value is -3.67. The molecule has 0 heterocycles. The number of allylic oxidation sites excluding steroid dienone is 16. The maximum atomic E-state index is 12.6. The van der Waals surface area contributed by atoms with E-state index in [1.807, 2.05) is 0 Å². The Morgan fingerprint density at radius 1 is 0.415 bits per heavy atom. The molecule has 6 heteroatoms. The molecule has 0 spiro atoms. The van der Waals surface area contributed by atoms with Gasteiger partial charge in [0.15, 0.2) is 6.10 Å². The molecule has 0 N–H and O–H groups in total. The smallest absolute Gasteiger partial charge is 0.306 e. The van der Waals surface area contributed by atoms with Crippen LogP contribution in [0.15, 0.2) is 97.2 Å². The van der Waals surface area contributed by atoms with Crippen LogP contribution in [0.25, 0.3) is 0 Å². The first kappa shape index (κ1) is 49.3. The Balaban J connectivity index is 4.57. The fraction of sp³-hybridized carbons (Fsp3) is 0.596. The summed E-state index contributed by atoms with van der Waals surface area (Å²) in [5, 5.41) is 0. The summed E-state index contributed by atoms with van der Waals surface area (Å²) in [6.07, 6.45) is 52.6. The average Bonchev–Trinajstić information content (AvgIpc) is 3.15. The second-order valence-electron chi connectivity index (χ2n) is 13.2. The zero-order valence-electron chi connectivity index (χ0n) is 33.7. The second kappa shape index (κ2) is 41.1. The number of carbonyl (C=O) groups excluding carboxylic acids is 3. The minimum atomic E-state index is -0.821. The van der Waals surface area contributed by atoms with Crippen LogP contribution >= 0.6 is 0 Å². The predicted molar refractivity (Wildman–Crippen MR) is 224 cm³/mol. The Labute approximate surface area is 324 Å². The van der Waals surface area contributed by atoms with Crippen LogP contribution in [0.3, 0.4) is 0 Å². The van der Waals surface area contributed by atoms with Crippen molar-refractivity contribution in [2.24, 2.45) is 0 Å². The second-order valence-corrected chi connectivity index (χ2v) is 13.2. The highest BCUT2D eigenvalue weighted by Crippen LogP contribution is 2.10. The standard InChI is InChI=1S/C47H74O6/c1-4-7-10-13-16-19-22-25-28-31-34-37-40-46(49)52-43-44(42-51-45(48)39-36-33-30-27-24-21-18-15-12-9-6-3)53-47(50)41-38-35-32-29-26-23-20-17-14-11-8-5-2/h7-8,10-11,15-21,24-26,28-29,44H,4-6,9,12-14,22-23,27,30-43H2,1-3H3/b10-7-,11-8-,18-15-,19-16-,20-17-,24-21-,28-25-,29-26-. The Bertz CT molecular complexity index is 1120. The van der Waals surface area contributed by atoms with Crippen molar-refractivity contribution in [3.05, 3.63) is 97.2 Å². The summed E-state index contributed by atoms with van der Waals surface area (Å²) in [5.74, 6) is -1.04. The Morgan fingerprint density at radius 2 is 0.792 bits per heavy atom. The lowest BCUT2D eigenvalue weighted by Crippen LogP contribution is -2.30. The summed E-state index contributed by atoms with van der Waals surface area (Å²) in [6, 6.07) is 0. The zero-order valence-corrected chi connectivity index (χ0v) is 33.7. The molecular formula is C47H74O6. The molecule has 0 saturated heterocycles. The number of ether oxygens (including phenoxy) is 3. The number of unbranched alkanes of at least 4 members (excludes halogenated alkanes) is 9. The Kier molecular flexibility index (Phi) is 38.2. The molecule has 0 amide bonds. The van der Waals surface area contributed by atoms with Gasteiger partial charge in [0.25, 0.3) is 0 Å². The topological polar surface area (TPSA) is 78.9 Å². The van der Waals surface area contributed by atoms with Crippen LogP contribution in [0.5, 0.6) is 0 Å². The van der Waals surface area contributed by atoms with Crippen molar-refractivity contribution < 1.29 is 28.6 Å². The highest BCUT2D eigenvalue weighted by molar-refractivity contribution is 5.71. The molecule has 0 aliphatic rings. The van der Waals surface area contributed by atoms with Crippen LogP contribution in [0.4, 0.5) is 0 Å². The van der Waals surface area contributed by atoms with E-state index in [0.29, 0.717) is 25.7 Å². The molecule has 0 aromatic carbocycles. The summed E-state index contributed by atoms with van der Waals surface area (Å²) in [6.45, 7) is 6.21. The molecule has 0 rings (SSSR count). The van der Waals surface area contributed by atoms with Crippen molar-refractivity contribution in [2.75, 3.05) is 13.2 Å². The van der Waals surface area contributed by atoms with E-state index in [-0.39, 0.29) is 37.5 Å². The van der Waals surface area contributed by atoms with Crippen LogP contribution < -0.4 is 0 Å². The van der Waals surface area contributed by atoms with E-state index in [1.165, 1.54) is 12.8 Å². The van der Waals surface area contributed by atoms with E-state index in [0.717, 1.165) is 96.3 Å². The van der Waals surface area contributed by atoms with E-state index in [4.69, 9.17) is 14.2 Å². The van der Waals surface area contributed by atoms with Crippen LogP contribution in [-0.4, -0.2) is 37.2 Å². The molecule has 1 atom stereocenters. The zero-order chi connectivity index (χ0) is 38.7. The SMILES string of the molecule is CC/C=C\C/C=C\C/C=C\CCCCC(=O)OCC(COC(=O)CCCCC/C=C\C=C/CCCC)OC(=O)CCCC/C=C\C/C=C\C/C=C\CC. The van der Waals surface area contributed by atoms with Crippen molar-refractivity contribution in [2.45, 2.75) is 168 Å². The fourth-order valence-corrected chi connectivity index (χ4v) is 4.97. The van der Waals surface area contributed by atoms with Gasteiger partial charge in [0, 0.05) is 19.3 Å². The molecule has 1 unspecified atom stereocenters. The van der Waals surface area contributed by atoms with Crippen LogP contribution in [0.1, 0.15) is 162 Å². The van der Waals surface area contributed by atoms with E-state index < -0.39 is 6.10 Å². The van der Waals surface area contributed by atoms with Gasteiger partial charge >= 0.3 is 17.9 Å². The Morgan fingerprint density at radius 3 is 1.26 bits per heavy atom. The molecule has 0 aliphatic heterocycles. The lowest BCUT2D eigenvalue weighted by atomic mass is 10.1. The molecule has 0 fully saturated rings. The predicted octanol–water partition coefficient (Wildman–Crippen LogP) is 13.1. The summed E-state index contributed by atoms with van der Waals surface area (Å²) in [5.41, 5.74) is 0. The molecule has 0 bridgehead atoms. The third-order valence-corrected chi connectivity index (χ3v) is 8.08. The van der Waals surface area contributed by atoms with Gasteiger partial charge < -0.3 is 14.2 Å². The minimum absolute atomic E-state index is 0.121. The van der Waals surface area contributed by atoms with Crippen LogP contribution in [0, 0.1) is 0 Å². The number of carbonyl (C=O) groups is 3. The van der Waals surface area contributed by atoms with E-state index in [9.17, 15) is 14.4 Å². The van der Waals surface area contributed by atoms with E-state index >= 15 is 0 Å². The number of esters is 3. The van der Waals surface area contributed by atoms with Gasteiger partial charge in [-0.3, -0.25) is 14.4 Å². The highest BCUT2D eigenvalue weighted by atomic mass is 16.6.